The molecule has 0 aliphatic heterocycles. The Hall–Kier alpha value is -2.14. The van der Waals surface area contributed by atoms with Crippen molar-refractivity contribution in [1.29, 1.82) is 0 Å². The van der Waals surface area contributed by atoms with Crippen LogP contribution in [0.25, 0.3) is 0 Å². The largest absolute Gasteiger partial charge is 0.439 e. The molecule has 0 atom stereocenters. The number of hydrogen-bond acceptors (Lipinski definition) is 5. The van der Waals surface area contributed by atoms with Gasteiger partial charge in [0.15, 0.2) is 0 Å². The number of aliphatic hydroxyl groups is 1. The van der Waals surface area contributed by atoms with E-state index in [0.29, 0.717) is 17.6 Å². The molecular formula is C13H15N3O2. The number of anilines is 1. The Morgan fingerprint density at radius 1 is 1.28 bits per heavy atom. The third kappa shape index (κ3) is 2.75. The summed E-state index contributed by atoms with van der Waals surface area (Å²) in [6.45, 7) is 1.91. The van der Waals surface area contributed by atoms with Crippen molar-refractivity contribution in [1.82, 2.24) is 9.97 Å². The van der Waals surface area contributed by atoms with Crippen LogP contribution in [0.3, 0.4) is 0 Å². The Bertz CT molecular complexity index is 526. The molecule has 18 heavy (non-hydrogen) atoms. The van der Waals surface area contributed by atoms with Gasteiger partial charge in [0, 0.05) is 18.8 Å². The van der Waals surface area contributed by atoms with E-state index in [4.69, 9.17) is 9.84 Å². The summed E-state index contributed by atoms with van der Waals surface area (Å²) in [6, 6.07) is 7.22. The van der Waals surface area contributed by atoms with Crippen molar-refractivity contribution in [3.8, 4) is 11.6 Å². The molecule has 0 aliphatic rings. The lowest BCUT2D eigenvalue weighted by atomic mass is 10.2. The van der Waals surface area contributed by atoms with Gasteiger partial charge in [0.1, 0.15) is 5.75 Å². The van der Waals surface area contributed by atoms with E-state index in [0.717, 1.165) is 11.1 Å². The highest BCUT2D eigenvalue weighted by atomic mass is 16.5. The van der Waals surface area contributed by atoms with Crippen LogP contribution in [0.4, 0.5) is 5.95 Å². The van der Waals surface area contributed by atoms with Gasteiger partial charge in [-0.15, -0.1) is 0 Å². The highest BCUT2D eigenvalue weighted by molar-refractivity contribution is 5.36. The summed E-state index contributed by atoms with van der Waals surface area (Å²) >= 11 is 0. The predicted octanol–water partition coefficient (Wildman–Crippen LogP) is 2.11. The van der Waals surface area contributed by atoms with E-state index >= 15 is 0 Å². The minimum absolute atomic E-state index is 0.0245. The summed E-state index contributed by atoms with van der Waals surface area (Å²) in [5.74, 6) is 1.71. The average molecular weight is 245 g/mol. The second-order valence-corrected chi connectivity index (χ2v) is 3.84. The minimum Gasteiger partial charge on any atom is -0.439 e. The molecule has 0 aliphatic carbocycles. The van der Waals surface area contributed by atoms with Crippen LogP contribution in [-0.4, -0.2) is 22.1 Å². The van der Waals surface area contributed by atoms with Gasteiger partial charge in [-0.2, -0.15) is 4.98 Å². The first-order valence-electron chi connectivity index (χ1n) is 5.62. The number of ether oxygens (including phenoxy) is 1. The summed E-state index contributed by atoms with van der Waals surface area (Å²) in [7, 11) is 1.75. The van der Waals surface area contributed by atoms with Crippen molar-refractivity contribution >= 4 is 5.95 Å². The van der Waals surface area contributed by atoms with E-state index < -0.39 is 0 Å². The number of aryl methyl sites for hydroxylation is 1. The molecule has 0 unspecified atom stereocenters. The lowest BCUT2D eigenvalue weighted by molar-refractivity contribution is 0.281. The van der Waals surface area contributed by atoms with Gasteiger partial charge < -0.3 is 15.2 Å². The molecule has 2 N–H and O–H groups in total. The van der Waals surface area contributed by atoms with Gasteiger partial charge in [0.05, 0.1) is 6.61 Å². The maximum atomic E-state index is 8.96. The molecule has 1 aromatic heterocycles. The SMILES string of the molecule is CNc1ncc(C)c(Oc2ccc(CO)cc2)n1. The fourth-order valence-electron chi connectivity index (χ4n) is 1.42. The van der Waals surface area contributed by atoms with Crippen LogP contribution in [0.1, 0.15) is 11.1 Å². The maximum Gasteiger partial charge on any atom is 0.226 e. The molecule has 5 nitrogen and oxygen atoms in total. The van der Waals surface area contributed by atoms with Crippen molar-refractivity contribution in [2.75, 3.05) is 12.4 Å². The Balaban J connectivity index is 2.21. The molecule has 0 radical (unpaired) electrons. The number of rotatable bonds is 4. The van der Waals surface area contributed by atoms with Gasteiger partial charge in [-0.25, -0.2) is 4.98 Å². The van der Waals surface area contributed by atoms with Crippen LogP contribution in [0, 0.1) is 6.92 Å². The number of hydrogen-bond donors (Lipinski definition) is 2. The smallest absolute Gasteiger partial charge is 0.226 e. The first kappa shape index (κ1) is 12.3. The van der Waals surface area contributed by atoms with E-state index in [-0.39, 0.29) is 6.61 Å². The minimum atomic E-state index is 0.0245. The van der Waals surface area contributed by atoms with Gasteiger partial charge in [-0.05, 0) is 24.6 Å². The molecule has 1 aromatic carbocycles. The zero-order chi connectivity index (χ0) is 13.0. The predicted molar refractivity (Wildman–Crippen MR) is 68.8 cm³/mol. The van der Waals surface area contributed by atoms with E-state index in [2.05, 4.69) is 15.3 Å². The molecule has 0 saturated carbocycles. The summed E-state index contributed by atoms with van der Waals surface area (Å²) in [5.41, 5.74) is 1.71. The van der Waals surface area contributed by atoms with Crippen LogP contribution in [-0.2, 0) is 6.61 Å². The lowest BCUT2D eigenvalue weighted by Gasteiger charge is -2.08. The van der Waals surface area contributed by atoms with Crippen LogP contribution in [0.2, 0.25) is 0 Å². The first-order valence-corrected chi connectivity index (χ1v) is 5.62. The van der Waals surface area contributed by atoms with Gasteiger partial charge in [0.2, 0.25) is 11.8 Å². The molecule has 0 bridgehead atoms. The van der Waals surface area contributed by atoms with Crippen LogP contribution < -0.4 is 10.1 Å². The van der Waals surface area contributed by atoms with Gasteiger partial charge in [-0.3, -0.25) is 0 Å². The molecule has 94 valence electrons. The number of benzene rings is 1. The zero-order valence-corrected chi connectivity index (χ0v) is 10.3. The Labute approximate surface area is 105 Å². The highest BCUT2D eigenvalue weighted by Gasteiger charge is 2.05. The Morgan fingerprint density at radius 3 is 2.61 bits per heavy atom. The average Bonchev–Trinajstić information content (AvgIpc) is 2.42. The molecule has 1 heterocycles. The van der Waals surface area contributed by atoms with E-state index in [1.807, 2.05) is 19.1 Å². The van der Waals surface area contributed by atoms with E-state index in [1.165, 1.54) is 0 Å². The third-order valence-corrected chi connectivity index (χ3v) is 2.47. The van der Waals surface area contributed by atoms with Crippen LogP contribution in [0.15, 0.2) is 30.5 Å². The van der Waals surface area contributed by atoms with E-state index in [9.17, 15) is 0 Å². The molecular weight excluding hydrogens is 230 g/mol. The molecule has 0 spiro atoms. The second-order valence-electron chi connectivity index (χ2n) is 3.84. The quantitative estimate of drug-likeness (QED) is 0.863. The molecule has 2 rings (SSSR count). The standard InChI is InChI=1S/C13H15N3O2/c1-9-7-15-13(14-2)16-12(9)18-11-5-3-10(8-17)4-6-11/h3-7,17H,8H2,1-2H3,(H,14,15,16). The lowest BCUT2D eigenvalue weighted by Crippen LogP contribution is -1.99. The third-order valence-electron chi connectivity index (χ3n) is 2.47. The number of aliphatic hydroxyl groups excluding tert-OH is 1. The summed E-state index contributed by atoms with van der Waals surface area (Å²) in [4.78, 5) is 8.33. The number of aromatic nitrogens is 2. The Morgan fingerprint density at radius 2 is 2.00 bits per heavy atom. The number of nitrogens with zero attached hydrogens (tertiary/aromatic N) is 2. The fourth-order valence-corrected chi connectivity index (χ4v) is 1.42. The van der Waals surface area contributed by atoms with Crippen molar-refractivity contribution in [2.45, 2.75) is 13.5 Å². The topological polar surface area (TPSA) is 67.3 Å². The van der Waals surface area contributed by atoms with Crippen molar-refractivity contribution in [3.63, 3.8) is 0 Å². The highest BCUT2D eigenvalue weighted by Crippen LogP contribution is 2.23. The zero-order valence-electron chi connectivity index (χ0n) is 10.3. The maximum absolute atomic E-state index is 8.96. The van der Waals surface area contributed by atoms with Gasteiger partial charge in [-0.1, -0.05) is 12.1 Å². The summed E-state index contributed by atoms with van der Waals surface area (Å²) in [6.07, 6.45) is 1.70. The van der Waals surface area contributed by atoms with Gasteiger partial charge >= 0.3 is 0 Å². The fraction of sp³-hybridized carbons (Fsp3) is 0.231. The van der Waals surface area contributed by atoms with Crippen molar-refractivity contribution < 1.29 is 9.84 Å². The molecule has 0 fully saturated rings. The normalized spacial score (nSPS) is 10.2. The first-order chi connectivity index (χ1) is 8.72. The molecule has 0 amide bonds. The molecule has 5 heteroatoms. The second kappa shape index (κ2) is 5.46. The van der Waals surface area contributed by atoms with Crippen molar-refractivity contribution in [3.05, 3.63) is 41.6 Å². The van der Waals surface area contributed by atoms with Crippen LogP contribution in [0.5, 0.6) is 11.6 Å². The Kier molecular flexibility index (Phi) is 3.74. The monoisotopic (exact) mass is 245 g/mol. The van der Waals surface area contributed by atoms with Crippen molar-refractivity contribution in [2.24, 2.45) is 0 Å². The van der Waals surface area contributed by atoms with Crippen LogP contribution >= 0.6 is 0 Å². The number of nitrogens with one attached hydrogen (secondary N) is 1. The summed E-state index contributed by atoms with van der Waals surface area (Å²) < 4.78 is 5.68. The summed E-state index contributed by atoms with van der Waals surface area (Å²) in [5, 5.41) is 11.8. The molecule has 2 aromatic rings. The van der Waals surface area contributed by atoms with E-state index in [1.54, 1.807) is 25.4 Å². The molecule has 0 saturated heterocycles. The van der Waals surface area contributed by atoms with Gasteiger partial charge in [0.25, 0.3) is 0 Å².